The second-order valence-electron chi connectivity index (χ2n) is 2.70. The van der Waals surface area contributed by atoms with E-state index in [1.165, 1.54) is 0 Å². The van der Waals surface area contributed by atoms with Crippen LogP contribution in [-0.2, 0) is 0 Å². The van der Waals surface area contributed by atoms with Crippen molar-refractivity contribution in [1.29, 1.82) is 0 Å². The smallest absolute Gasteiger partial charge is 0.123 e. The van der Waals surface area contributed by atoms with Crippen LogP contribution in [0.15, 0.2) is 12.1 Å². The van der Waals surface area contributed by atoms with E-state index in [4.69, 9.17) is 16.6 Å². The molecule has 0 fully saturated rings. The number of nitrogens with zero attached hydrogens (tertiary/aromatic N) is 1. The van der Waals surface area contributed by atoms with Gasteiger partial charge in [0.15, 0.2) is 0 Å². The highest BCUT2D eigenvalue weighted by Gasteiger charge is 2.07. The number of anilines is 1. The van der Waals surface area contributed by atoms with E-state index in [-0.39, 0.29) is 12.6 Å². The van der Waals surface area contributed by atoms with Crippen LogP contribution in [0.3, 0.4) is 0 Å². The summed E-state index contributed by atoms with van der Waals surface area (Å²) in [6, 6.07) is 3.11. The van der Waals surface area contributed by atoms with Crippen LogP contribution in [0.4, 0.5) is 5.82 Å². The van der Waals surface area contributed by atoms with Gasteiger partial charge in [0.25, 0.3) is 0 Å². The Kier molecular flexibility index (Phi) is 2.62. The van der Waals surface area contributed by atoms with Crippen LogP contribution in [0.1, 0.15) is 17.3 Å². The minimum atomic E-state index is -0.363. The Balaban J connectivity index is 3.01. The predicted octanol–water partition coefficient (Wildman–Crippen LogP) is -0.0357. The third-order valence-corrected chi connectivity index (χ3v) is 1.74. The van der Waals surface area contributed by atoms with Crippen LogP contribution in [0.25, 0.3) is 0 Å². The summed E-state index contributed by atoms with van der Waals surface area (Å²) in [4.78, 5) is 4.03. The molecule has 0 bridgehead atoms. The molecular weight excluding hydrogens is 154 g/mol. The number of nitrogens with two attached hydrogens (primary N) is 2. The summed E-state index contributed by atoms with van der Waals surface area (Å²) in [7, 11) is 0. The Bertz CT molecular complexity index is 275. The molecule has 66 valence electrons. The molecule has 4 nitrogen and oxygen atoms in total. The van der Waals surface area contributed by atoms with Gasteiger partial charge in [0.1, 0.15) is 5.82 Å². The van der Waals surface area contributed by atoms with Crippen LogP contribution in [0.2, 0.25) is 0 Å². The number of rotatable bonds is 2. The molecule has 12 heavy (non-hydrogen) atoms. The molecule has 1 aromatic heterocycles. The fourth-order valence-electron chi connectivity index (χ4n) is 1.08. The number of aliphatic hydroxyl groups excluding tert-OH is 1. The molecule has 0 aliphatic rings. The van der Waals surface area contributed by atoms with Gasteiger partial charge < -0.3 is 16.6 Å². The fourth-order valence-corrected chi connectivity index (χ4v) is 1.08. The third-order valence-electron chi connectivity index (χ3n) is 1.74. The standard InChI is InChI=1S/C8H13N3O/c1-5-6(7(9)4-12)2-3-8(10)11-5/h2-3,7,12H,4,9H2,1H3,(H2,10,11)/t7-/m1/s1. The number of hydrogen-bond donors (Lipinski definition) is 3. The molecule has 0 saturated heterocycles. The Morgan fingerprint density at radius 3 is 2.75 bits per heavy atom. The molecule has 1 heterocycles. The van der Waals surface area contributed by atoms with Crippen molar-refractivity contribution in [2.45, 2.75) is 13.0 Å². The number of nitrogen functional groups attached to an aromatic ring is 1. The van der Waals surface area contributed by atoms with Crippen LogP contribution in [0.5, 0.6) is 0 Å². The Hall–Kier alpha value is -1.13. The van der Waals surface area contributed by atoms with Crippen molar-refractivity contribution in [3.05, 3.63) is 23.4 Å². The molecule has 0 spiro atoms. The second kappa shape index (κ2) is 3.51. The highest BCUT2D eigenvalue weighted by molar-refractivity contribution is 5.35. The predicted molar refractivity (Wildman–Crippen MR) is 47.4 cm³/mol. The normalized spacial score (nSPS) is 12.9. The summed E-state index contributed by atoms with van der Waals surface area (Å²) < 4.78 is 0. The van der Waals surface area contributed by atoms with Gasteiger partial charge in [-0.3, -0.25) is 0 Å². The fraction of sp³-hybridized carbons (Fsp3) is 0.375. The Morgan fingerprint density at radius 2 is 2.25 bits per heavy atom. The largest absolute Gasteiger partial charge is 0.394 e. The summed E-state index contributed by atoms with van der Waals surface area (Å²) >= 11 is 0. The van der Waals surface area contributed by atoms with E-state index < -0.39 is 0 Å². The first-order valence-corrected chi connectivity index (χ1v) is 3.74. The topological polar surface area (TPSA) is 85.2 Å². The number of hydrogen-bond acceptors (Lipinski definition) is 4. The van der Waals surface area contributed by atoms with Crippen LogP contribution >= 0.6 is 0 Å². The average Bonchev–Trinajstić information content (AvgIpc) is 2.03. The van der Waals surface area contributed by atoms with E-state index in [1.54, 1.807) is 12.1 Å². The third kappa shape index (κ3) is 1.72. The van der Waals surface area contributed by atoms with E-state index in [2.05, 4.69) is 4.98 Å². The molecule has 0 aliphatic carbocycles. The lowest BCUT2D eigenvalue weighted by Gasteiger charge is -2.10. The SMILES string of the molecule is Cc1nc(N)ccc1[C@H](N)CO. The first-order valence-electron chi connectivity index (χ1n) is 3.74. The highest BCUT2D eigenvalue weighted by Crippen LogP contribution is 2.14. The van der Waals surface area contributed by atoms with Crippen LogP contribution in [0, 0.1) is 6.92 Å². The van der Waals surface area contributed by atoms with Gasteiger partial charge in [0.05, 0.1) is 12.6 Å². The number of aromatic nitrogens is 1. The lowest BCUT2D eigenvalue weighted by molar-refractivity contribution is 0.267. The Labute approximate surface area is 71.2 Å². The molecule has 0 aromatic carbocycles. The zero-order chi connectivity index (χ0) is 9.14. The number of aliphatic hydroxyl groups is 1. The molecule has 5 N–H and O–H groups in total. The van der Waals surface area contributed by atoms with E-state index in [0.29, 0.717) is 5.82 Å². The molecular formula is C8H13N3O. The molecule has 0 saturated carbocycles. The van der Waals surface area contributed by atoms with Crippen molar-refractivity contribution >= 4 is 5.82 Å². The molecule has 0 aliphatic heterocycles. The summed E-state index contributed by atoms with van der Waals surface area (Å²) in [6.07, 6.45) is 0. The van der Waals surface area contributed by atoms with Gasteiger partial charge in [0.2, 0.25) is 0 Å². The monoisotopic (exact) mass is 167 g/mol. The summed E-state index contributed by atoms with van der Waals surface area (Å²) in [5, 5.41) is 8.80. The van der Waals surface area contributed by atoms with Gasteiger partial charge in [-0.15, -0.1) is 0 Å². The average molecular weight is 167 g/mol. The minimum Gasteiger partial charge on any atom is -0.394 e. The lowest BCUT2D eigenvalue weighted by atomic mass is 10.1. The van der Waals surface area contributed by atoms with Crippen molar-refractivity contribution in [3.8, 4) is 0 Å². The van der Waals surface area contributed by atoms with Crippen LogP contribution < -0.4 is 11.5 Å². The maximum Gasteiger partial charge on any atom is 0.123 e. The molecule has 1 rings (SSSR count). The van der Waals surface area contributed by atoms with Gasteiger partial charge in [0, 0.05) is 5.69 Å². The maximum atomic E-state index is 8.80. The highest BCUT2D eigenvalue weighted by atomic mass is 16.3. The second-order valence-corrected chi connectivity index (χ2v) is 2.70. The van der Waals surface area contributed by atoms with E-state index in [9.17, 15) is 0 Å². The molecule has 0 amide bonds. The zero-order valence-electron chi connectivity index (χ0n) is 6.99. The molecule has 0 unspecified atom stereocenters. The minimum absolute atomic E-state index is 0.0769. The van der Waals surface area contributed by atoms with E-state index >= 15 is 0 Å². The van der Waals surface area contributed by atoms with Crippen LogP contribution in [-0.4, -0.2) is 16.7 Å². The zero-order valence-corrected chi connectivity index (χ0v) is 6.99. The number of pyridine rings is 1. The van der Waals surface area contributed by atoms with Gasteiger partial charge in [-0.05, 0) is 18.6 Å². The molecule has 1 aromatic rings. The van der Waals surface area contributed by atoms with Gasteiger partial charge in [-0.25, -0.2) is 4.98 Å². The molecule has 4 heteroatoms. The molecule has 1 atom stereocenters. The summed E-state index contributed by atoms with van der Waals surface area (Å²) in [5.74, 6) is 0.474. The van der Waals surface area contributed by atoms with Crippen molar-refractivity contribution in [2.75, 3.05) is 12.3 Å². The van der Waals surface area contributed by atoms with Gasteiger partial charge in [-0.1, -0.05) is 6.07 Å². The quantitative estimate of drug-likeness (QED) is 0.577. The van der Waals surface area contributed by atoms with Gasteiger partial charge >= 0.3 is 0 Å². The Morgan fingerprint density at radius 1 is 1.58 bits per heavy atom. The van der Waals surface area contributed by atoms with Gasteiger partial charge in [-0.2, -0.15) is 0 Å². The van der Waals surface area contributed by atoms with Crippen molar-refractivity contribution in [1.82, 2.24) is 4.98 Å². The number of aryl methyl sites for hydroxylation is 1. The first-order chi connectivity index (χ1) is 5.65. The maximum absolute atomic E-state index is 8.80. The first kappa shape index (κ1) is 8.96. The van der Waals surface area contributed by atoms with Crippen molar-refractivity contribution in [2.24, 2.45) is 5.73 Å². The summed E-state index contributed by atoms with van der Waals surface area (Å²) in [6.45, 7) is 1.74. The van der Waals surface area contributed by atoms with E-state index in [0.717, 1.165) is 11.3 Å². The lowest BCUT2D eigenvalue weighted by Crippen LogP contribution is -2.16. The van der Waals surface area contributed by atoms with Crippen molar-refractivity contribution < 1.29 is 5.11 Å². The summed E-state index contributed by atoms with van der Waals surface area (Å²) in [5.41, 5.74) is 12.7. The van der Waals surface area contributed by atoms with Crippen molar-refractivity contribution in [3.63, 3.8) is 0 Å². The molecule has 0 radical (unpaired) electrons. The van der Waals surface area contributed by atoms with E-state index in [1.807, 2.05) is 6.92 Å².